The van der Waals surface area contributed by atoms with Crippen LogP contribution in [0.25, 0.3) is 21.9 Å². The fourth-order valence-electron chi connectivity index (χ4n) is 6.16. The summed E-state index contributed by atoms with van der Waals surface area (Å²) in [5.41, 5.74) is 5.25. The van der Waals surface area contributed by atoms with Crippen molar-refractivity contribution in [1.82, 2.24) is 0 Å². The van der Waals surface area contributed by atoms with Gasteiger partial charge in [-0.2, -0.15) is 0 Å². The molecule has 0 saturated heterocycles. The molecule has 5 heteroatoms. The van der Waals surface area contributed by atoms with Crippen molar-refractivity contribution in [2.45, 2.75) is 45.8 Å². The van der Waals surface area contributed by atoms with Gasteiger partial charge in [-0.1, -0.05) is 67.9 Å². The molecule has 2 aliphatic rings. The lowest BCUT2D eigenvalue weighted by atomic mass is 9.77. The molecule has 0 fully saturated rings. The number of aryl methyl sites for hydroxylation is 1. The molecule has 0 bridgehead atoms. The van der Waals surface area contributed by atoms with E-state index in [1.54, 1.807) is 14.2 Å². The van der Waals surface area contributed by atoms with Crippen LogP contribution in [0.4, 0.5) is 11.4 Å². The first-order valence-electron chi connectivity index (χ1n) is 13.6. The van der Waals surface area contributed by atoms with Crippen molar-refractivity contribution >= 4 is 28.4 Å². The van der Waals surface area contributed by atoms with Crippen LogP contribution in [0.2, 0.25) is 0 Å². The number of fused-ring (bicyclic) bond motifs is 4. The van der Waals surface area contributed by atoms with Gasteiger partial charge >= 0.3 is 0 Å². The Bertz CT molecular complexity index is 1600. The number of methoxy groups -OCH3 is 2. The van der Waals surface area contributed by atoms with Crippen LogP contribution in [0.5, 0.6) is 17.2 Å². The first-order valence-corrected chi connectivity index (χ1v) is 13.6. The van der Waals surface area contributed by atoms with Crippen molar-refractivity contribution in [3.05, 3.63) is 77.9 Å². The molecule has 4 aromatic carbocycles. The topological polar surface area (TPSA) is 43.3 Å². The number of hydrogen-bond acceptors (Lipinski definition) is 5. The van der Waals surface area contributed by atoms with E-state index in [1.165, 1.54) is 11.1 Å². The summed E-state index contributed by atoms with van der Waals surface area (Å²) < 4.78 is 18.9. The number of benzene rings is 4. The third-order valence-corrected chi connectivity index (χ3v) is 8.27. The largest absolute Gasteiger partial charge is 0.497 e. The average Bonchev–Trinajstić information content (AvgIpc) is 3.10. The second-order valence-corrected chi connectivity index (χ2v) is 11.6. The lowest BCUT2D eigenvalue weighted by Crippen LogP contribution is -2.62. The maximum Gasteiger partial charge on any atom is 0.229 e. The second kappa shape index (κ2) is 9.04. The molecular weight excluding hydrogens is 484 g/mol. The highest BCUT2D eigenvalue weighted by Gasteiger charge is 2.61. The molecule has 1 unspecified atom stereocenters. The first kappa shape index (κ1) is 25.3. The molecule has 2 aliphatic heterocycles. The zero-order chi connectivity index (χ0) is 27.5. The first-order chi connectivity index (χ1) is 18.7. The van der Waals surface area contributed by atoms with Gasteiger partial charge in [0, 0.05) is 18.0 Å². The van der Waals surface area contributed by atoms with Crippen molar-refractivity contribution in [2.24, 2.45) is 10.9 Å². The summed E-state index contributed by atoms with van der Waals surface area (Å²) in [4.78, 5) is 7.50. The maximum absolute atomic E-state index is 7.27. The minimum atomic E-state index is -0.847. The highest BCUT2D eigenvalue weighted by molar-refractivity contribution is 6.05. The predicted octanol–water partition coefficient (Wildman–Crippen LogP) is 8.08. The van der Waals surface area contributed by atoms with Gasteiger partial charge in [-0.25, -0.2) is 0 Å². The van der Waals surface area contributed by atoms with Gasteiger partial charge in [-0.3, -0.25) is 4.99 Å². The van der Waals surface area contributed by atoms with Crippen molar-refractivity contribution < 1.29 is 14.2 Å². The van der Waals surface area contributed by atoms with Gasteiger partial charge in [0.15, 0.2) is 5.75 Å². The summed E-state index contributed by atoms with van der Waals surface area (Å²) in [6, 6.07) is 23.4. The van der Waals surface area contributed by atoms with Gasteiger partial charge in [0.05, 0.1) is 31.5 Å². The Labute approximate surface area is 231 Å². The molecule has 0 amide bonds. The Hall–Kier alpha value is -3.99. The maximum atomic E-state index is 7.27. The lowest BCUT2D eigenvalue weighted by molar-refractivity contribution is 0.0770. The molecule has 1 spiro atoms. The smallest absolute Gasteiger partial charge is 0.229 e. The van der Waals surface area contributed by atoms with E-state index < -0.39 is 11.1 Å². The van der Waals surface area contributed by atoms with E-state index in [-0.39, 0.29) is 0 Å². The molecule has 4 aromatic rings. The molecule has 0 aromatic heterocycles. The van der Waals surface area contributed by atoms with E-state index >= 15 is 0 Å². The third-order valence-electron chi connectivity index (χ3n) is 8.27. The molecule has 6 rings (SSSR count). The summed E-state index contributed by atoms with van der Waals surface area (Å²) in [6.45, 7) is 11.8. The Morgan fingerprint density at radius 2 is 1.64 bits per heavy atom. The zero-order valence-corrected chi connectivity index (χ0v) is 23.8. The highest BCUT2D eigenvalue weighted by atomic mass is 16.5. The molecule has 0 aliphatic carbocycles. The minimum Gasteiger partial charge on any atom is -0.497 e. The van der Waals surface area contributed by atoms with E-state index in [9.17, 15) is 0 Å². The summed E-state index contributed by atoms with van der Waals surface area (Å²) in [5.74, 6) is 2.73. The van der Waals surface area contributed by atoms with E-state index in [4.69, 9.17) is 19.2 Å². The van der Waals surface area contributed by atoms with Crippen LogP contribution in [0.15, 0.2) is 71.7 Å². The lowest BCUT2D eigenvalue weighted by Gasteiger charge is -2.47. The quantitative estimate of drug-likeness (QED) is 0.267. The number of aliphatic imine (C=N–C) groups is 1. The Kier molecular flexibility index (Phi) is 5.87. The van der Waals surface area contributed by atoms with Crippen molar-refractivity contribution in [2.75, 3.05) is 25.7 Å². The summed E-state index contributed by atoms with van der Waals surface area (Å²) >= 11 is 0. The van der Waals surface area contributed by atoms with E-state index in [1.807, 2.05) is 12.3 Å². The fourth-order valence-corrected chi connectivity index (χ4v) is 6.16. The van der Waals surface area contributed by atoms with Crippen LogP contribution in [-0.4, -0.2) is 32.7 Å². The molecule has 2 heterocycles. The van der Waals surface area contributed by atoms with Crippen LogP contribution >= 0.6 is 0 Å². The van der Waals surface area contributed by atoms with Gasteiger partial charge in [0.1, 0.15) is 17.2 Å². The molecular formula is C34H36N2O3. The van der Waals surface area contributed by atoms with Gasteiger partial charge in [0.25, 0.3) is 0 Å². The predicted molar refractivity (Wildman–Crippen MR) is 160 cm³/mol. The van der Waals surface area contributed by atoms with Gasteiger partial charge in [-0.05, 0) is 60.9 Å². The fraction of sp³-hybridized carbons (Fsp3) is 0.324. The van der Waals surface area contributed by atoms with Gasteiger partial charge in [-0.15, -0.1) is 0 Å². The van der Waals surface area contributed by atoms with Gasteiger partial charge in [0.2, 0.25) is 5.72 Å². The highest BCUT2D eigenvalue weighted by Crippen LogP contribution is 2.59. The number of anilines is 1. The molecule has 1 atom stereocenters. The standard InChI is InChI=1S/C34H36N2O3/c1-21(2)19-36-31-28(16-24(37-6)17-30(31)38-7)33(4,5)34(36)20-35-29-18-27(23-14-12-22(3)13-15-23)25-10-8-9-11-26(25)32(29)39-34/h8-18,20-21H,19H2,1-7H3. The monoisotopic (exact) mass is 520 g/mol. The third kappa shape index (κ3) is 3.70. The van der Waals surface area contributed by atoms with Crippen LogP contribution < -0.4 is 19.1 Å². The minimum absolute atomic E-state index is 0.384. The molecule has 39 heavy (non-hydrogen) atoms. The summed E-state index contributed by atoms with van der Waals surface area (Å²) in [5, 5.41) is 2.21. The number of nitrogens with zero attached hydrogens (tertiary/aromatic N) is 2. The van der Waals surface area contributed by atoms with E-state index in [2.05, 4.69) is 100 Å². The van der Waals surface area contributed by atoms with Crippen LogP contribution in [0.3, 0.4) is 0 Å². The van der Waals surface area contributed by atoms with Crippen molar-refractivity contribution in [3.63, 3.8) is 0 Å². The summed E-state index contributed by atoms with van der Waals surface area (Å²) in [7, 11) is 3.41. The van der Waals surface area contributed by atoms with Crippen LogP contribution in [0.1, 0.15) is 38.8 Å². The van der Waals surface area contributed by atoms with Crippen LogP contribution in [0, 0.1) is 12.8 Å². The molecule has 0 saturated carbocycles. The number of rotatable bonds is 5. The second-order valence-electron chi connectivity index (χ2n) is 11.6. The number of ether oxygens (including phenoxy) is 3. The molecule has 200 valence electrons. The van der Waals surface area contributed by atoms with Crippen LogP contribution in [-0.2, 0) is 5.41 Å². The average molecular weight is 521 g/mol. The SMILES string of the molecule is COc1cc(OC)c2c(c1)C(C)(C)C1(C=Nc3cc(-c4ccc(C)cc4)c4ccccc4c3O1)N2CC(C)C. The molecule has 0 radical (unpaired) electrons. The van der Waals surface area contributed by atoms with Gasteiger partial charge < -0.3 is 19.1 Å². The molecule has 0 N–H and O–H groups in total. The van der Waals surface area contributed by atoms with E-state index in [0.29, 0.717) is 5.92 Å². The van der Waals surface area contributed by atoms with Crippen molar-refractivity contribution in [3.8, 4) is 28.4 Å². The van der Waals surface area contributed by atoms with Crippen molar-refractivity contribution in [1.29, 1.82) is 0 Å². The Morgan fingerprint density at radius 3 is 2.31 bits per heavy atom. The Balaban J connectivity index is 1.58. The normalized spacial score (nSPS) is 18.8. The number of hydrogen-bond donors (Lipinski definition) is 0. The Morgan fingerprint density at radius 1 is 0.923 bits per heavy atom. The molecule has 5 nitrogen and oxygen atoms in total. The summed E-state index contributed by atoms with van der Waals surface area (Å²) in [6.07, 6.45) is 2.01. The van der Waals surface area contributed by atoms with E-state index in [0.717, 1.165) is 57.1 Å². The zero-order valence-electron chi connectivity index (χ0n) is 23.8.